The molecule has 2 fully saturated rings. The maximum Gasteiger partial charge on any atom is 0.309 e. The van der Waals surface area contributed by atoms with Crippen LogP contribution in [0.1, 0.15) is 78.7 Å². The number of nitrogens with one attached hydrogen (secondary N) is 1. The fourth-order valence-corrected chi connectivity index (χ4v) is 9.90. The number of amides is 2. The molecule has 3 heterocycles. The van der Waals surface area contributed by atoms with Gasteiger partial charge in [-0.15, -0.1) is 0 Å². The molecule has 3 aliphatic heterocycles. The predicted molar refractivity (Wildman–Crippen MR) is 226 cm³/mol. The van der Waals surface area contributed by atoms with E-state index in [4.69, 9.17) is 35.3 Å². The molecule has 4 rings (SSSR count). The smallest absolute Gasteiger partial charge is 0.309 e. The van der Waals surface area contributed by atoms with Crippen LogP contribution < -0.4 is 15.0 Å². The highest BCUT2D eigenvalue weighted by atomic mass is 35.5. The number of esters is 2. The molecule has 2 amide bonds. The lowest BCUT2D eigenvalue weighted by molar-refractivity contribution is -0.187. The van der Waals surface area contributed by atoms with Crippen molar-refractivity contribution in [1.82, 2.24) is 5.32 Å². The standard InChI is InChI=1S/C42H59ClN2O11S2/c1-24-12-10-13-33(53-9)42(51)22-32(54-37(49)23-42)27(4)39-41(5,56-39)34(21-36(48)45(7)29-19-28(18-24)20-31(52-8)38(29)43)55-40(50)26(3)25(2)30(46)15-17-58-57-16-11-14-35(47)44-6/h10,12-13,19-20,25-27,32-34,39,51H,11,14-18,21-23H2,1-9H3,(H,44,47)/b13-10+,24-12+/t25?,26-,27-,32+,33?,34+,39+,41+,42-/m0/s1. The summed E-state index contributed by atoms with van der Waals surface area (Å²) in [4.78, 5) is 67.2. The van der Waals surface area contributed by atoms with Crippen molar-refractivity contribution in [3.8, 4) is 5.75 Å². The van der Waals surface area contributed by atoms with Crippen molar-refractivity contribution in [2.75, 3.05) is 44.7 Å². The Hall–Kier alpha value is -3.08. The summed E-state index contributed by atoms with van der Waals surface area (Å²) < 4.78 is 29.6. The van der Waals surface area contributed by atoms with E-state index in [1.54, 1.807) is 74.7 Å². The molecular weight excluding hydrogens is 808 g/mol. The Bertz CT molecular complexity index is 1740. The number of halogens is 1. The molecule has 4 bridgehead atoms. The highest BCUT2D eigenvalue weighted by molar-refractivity contribution is 8.76. The highest BCUT2D eigenvalue weighted by Gasteiger charge is 2.64. The van der Waals surface area contributed by atoms with Crippen LogP contribution in [-0.2, 0) is 49.3 Å². The molecule has 0 aromatic heterocycles. The molecule has 2 unspecified atom stereocenters. The Morgan fingerprint density at radius 3 is 2.50 bits per heavy atom. The van der Waals surface area contributed by atoms with Gasteiger partial charge in [-0.3, -0.25) is 24.0 Å². The number of benzene rings is 1. The average molecular weight is 868 g/mol. The number of methoxy groups -OCH3 is 2. The van der Waals surface area contributed by atoms with Crippen molar-refractivity contribution in [1.29, 1.82) is 0 Å². The summed E-state index contributed by atoms with van der Waals surface area (Å²) >= 11 is 6.79. The van der Waals surface area contributed by atoms with Gasteiger partial charge >= 0.3 is 11.9 Å². The van der Waals surface area contributed by atoms with Crippen LogP contribution in [0, 0.1) is 17.8 Å². The van der Waals surface area contributed by atoms with Gasteiger partial charge in [-0.25, -0.2) is 0 Å². The third kappa shape index (κ3) is 11.8. The number of Topliss-reactive ketones (excluding diaryl/α,β-unsaturated/α-hetero) is 1. The van der Waals surface area contributed by atoms with E-state index in [1.807, 2.05) is 26.0 Å². The Kier molecular flexibility index (Phi) is 17.2. The molecule has 16 heteroatoms. The number of rotatable bonds is 14. The van der Waals surface area contributed by atoms with Gasteiger partial charge in [0.2, 0.25) is 11.8 Å². The number of fused-ring (bicyclic) bond motifs is 5. The van der Waals surface area contributed by atoms with Gasteiger partial charge in [0.05, 0.1) is 37.7 Å². The van der Waals surface area contributed by atoms with Gasteiger partial charge in [0, 0.05) is 63.8 Å². The van der Waals surface area contributed by atoms with Gasteiger partial charge in [0.25, 0.3) is 0 Å². The lowest BCUT2D eigenvalue weighted by Crippen LogP contribution is -2.53. The molecule has 322 valence electrons. The second kappa shape index (κ2) is 20.9. The molecule has 1 aromatic carbocycles. The zero-order valence-corrected chi connectivity index (χ0v) is 37.4. The normalized spacial score (nSPS) is 30.2. The van der Waals surface area contributed by atoms with Crippen molar-refractivity contribution in [3.63, 3.8) is 0 Å². The largest absolute Gasteiger partial charge is 0.495 e. The molecule has 0 aliphatic carbocycles. The Morgan fingerprint density at radius 2 is 1.83 bits per heavy atom. The first kappa shape index (κ1) is 47.6. The van der Waals surface area contributed by atoms with Crippen molar-refractivity contribution in [3.05, 3.63) is 46.5 Å². The van der Waals surface area contributed by atoms with Crippen LogP contribution in [0.5, 0.6) is 5.75 Å². The first-order valence-corrected chi connectivity index (χ1v) is 22.5. The van der Waals surface area contributed by atoms with Crippen LogP contribution in [-0.4, -0.2) is 110 Å². The van der Waals surface area contributed by atoms with Crippen LogP contribution in [0.15, 0.2) is 35.9 Å². The molecule has 0 saturated carbocycles. The fraction of sp³-hybridized carbons (Fsp3) is 0.643. The molecule has 3 aliphatic rings. The monoisotopic (exact) mass is 866 g/mol. The third-order valence-corrected chi connectivity index (χ3v) is 14.4. The lowest BCUT2D eigenvalue weighted by atomic mass is 9.78. The summed E-state index contributed by atoms with van der Waals surface area (Å²) in [5.74, 6) is -2.05. The second-order valence-corrected chi connectivity index (χ2v) is 18.8. The van der Waals surface area contributed by atoms with Crippen LogP contribution >= 0.6 is 33.2 Å². The third-order valence-electron chi connectivity index (χ3n) is 11.5. The van der Waals surface area contributed by atoms with Crippen molar-refractivity contribution < 1.29 is 52.8 Å². The number of allylic oxidation sites excluding steroid dienone is 3. The quantitative estimate of drug-likeness (QED) is 0.0960. The summed E-state index contributed by atoms with van der Waals surface area (Å²) in [6.45, 7) is 8.84. The zero-order valence-electron chi connectivity index (χ0n) is 35.0. The maximum atomic E-state index is 14.2. The van der Waals surface area contributed by atoms with E-state index in [2.05, 4.69) is 5.32 Å². The maximum absolute atomic E-state index is 14.2. The Balaban J connectivity index is 1.61. The van der Waals surface area contributed by atoms with Gasteiger partial charge < -0.3 is 39.0 Å². The summed E-state index contributed by atoms with van der Waals surface area (Å²) in [6.07, 6.45) is 3.41. The number of ketones is 1. The van der Waals surface area contributed by atoms with Gasteiger partial charge in [-0.2, -0.15) is 0 Å². The number of nitrogens with zero attached hydrogens (tertiary/aromatic N) is 1. The van der Waals surface area contributed by atoms with Crippen molar-refractivity contribution in [2.45, 2.75) is 115 Å². The molecule has 1 aromatic rings. The van der Waals surface area contributed by atoms with E-state index in [0.29, 0.717) is 30.0 Å². The molecule has 2 saturated heterocycles. The van der Waals surface area contributed by atoms with E-state index in [9.17, 15) is 29.1 Å². The van der Waals surface area contributed by atoms with Gasteiger partial charge in [-0.05, 0) is 44.4 Å². The van der Waals surface area contributed by atoms with Crippen LogP contribution in [0.4, 0.5) is 5.69 Å². The molecule has 0 radical (unpaired) electrons. The average Bonchev–Trinajstić information content (AvgIpc) is 3.89. The summed E-state index contributed by atoms with van der Waals surface area (Å²) in [7, 11) is 9.31. The number of anilines is 1. The van der Waals surface area contributed by atoms with Crippen LogP contribution in [0.3, 0.4) is 0 Å². The number of ether oxygens (including phenoxy) is 5. The van der Waals surface area contributed by atoms with Crippen molar-refractivity contribution >= 4 is 68.4 Å². The second-order valence-electron chi connectivity index (χ2n) is 15.8. The summed E-state index contributed by atoms with van der Waals surface area (Å²) in [6, 6.07) is 3.61. The SMILES string of the molecule is CNC(=O)CCCSSCCC(=O)C(C)[C@H](C)C(=O)O[C@@H]1CC(=O)N(C)c2cc(cc(OC)c2Cl)C/C(C)=C/C=C/C(OC)[C@@]2(O)CC(=O)O[C@H](C2)[C@H](C)[C@H]2O[C@@]21C. The molecule has 13 nitrogen and oxygen atoms in total. The topological polar surface area (TPSA) is 170 Å². The fourth-order valence-electron chi connectivity index (χ4n) is 7.49. The minimum absolute atomic E-state index is 0.00742. The first-order chi connectivity index (χ1) is 27.4. The van der Waals surface area contributed by atoms with Crippen molar-refractivity contribution in [2.24, 2.45) is 17.8 Å². The highest BCUT2D eigenvalue weighted by Crippen LogP contribution is 2.50. The van der Waals surface area contributed by atoms with E-state index in [-0.39, 0.29) is 42.4 Å². The van der Waals surface area contributed by atoms with Crippen LogP contribution in [0.25, 0.3) is 0 Å². The number of carbonyl (C=O) groups is 5. The number of hydrogen-bond donors (Lipinski definition) is 2. The molecule has 58 heavy (non-hydrogen) atoms. The van der Waals surface area contributed by atoms with E-state index < -0.39 is 71.2 Å². The lowest BCUT2D eigenvalue weighted by Gasteiger charge is -2.41. The number of carbonyl (C=O) groups excluding carboxylic acids is 5. The number of aliphatic hydroxyl groups is 1. The predicted octanol–water partition coefficient (Wildman–Crippen LogP) is 6.06. The van der Waals surface area contributed by atoms with Crippen LogP contribution in [0.2, 0.25) is 5.02 Å². The zero-order chi connectivity index (χ0) is 42.9. The van der Waals surface area contributed by atoms with E-state index in [1.165, 1.54) is 19.1 Å². The van der Waals surface area contributed by atoms with Gasteiger partial charge in [-0.1, -0.05) is 77.8 Å². The number of hydrogen-bond acceptors (Lipinski definition) is 13. The van der Waals surface area contributed by atoms with E-state index >= 15 is 0 Å². The van der Waals surface area contributed by atoms with Gasteiger partial charge in [0.15, 0.2) is 0 Å². The Labute approximate surface area is 355 Å². The first-order valence-electron chi connectivity index (χ1n) is 19.7. The van der Waals surface area contributed by atoms with E-state index in [0.717, 1.165) is 23.3 Å². The summed E-state index contributed by atoms with van der Waals surface area (Å²) in [5.41, 5.74) is -0.617. The minimum atomic E-state index is -1.58. The Morgan fingerprint density at radius 1 is 1.12 bits per heavy atom. The van der Waals surface area contributed by atoms with Gasteiger partial charge in [0.1, 0.15) is 46.1 Å². The minimum Gasteiger partial charge on any atom is -0.495 e. The molecular formula is C42H59ClN2O11S2. The molecule has 2 N–H and O–H groups in total. The summed E-state index contributed by atoms with van der Waals surface area (Å²) in [5, 5.41) is 14.7. The number of epoxide rings is 1. The molecule has 0 spiro atoms. The molecule has 9 atom stereocenters.